The van der Waals surface area contributed by atoms with Gasteiger partial charge in [0.05, 0.1) is 13.2 Å². The fourth-order valence-corrected chi connectivity index (χ4v) is 2.97. The number of benzene rings is 1. The van der Waals surface area contributed by atoms with E-state index < -0.39 is 0 Å². The van der Waals surface area contributed by atoms with E-state index in [0.717, 1.165) is 30.0 Å². The maximum absolute atomic E-state index is 11.6. The minimum atomic E-state index is -0.0105. The van der Waals surface area contributed by atoms with Gasteiger partial charge in [0.2, 0.25) is 5.91 Å². The summed E-state index contributed by atoms with van der Waals surface area (Å²) in [6.07, 6.45) is 1.11. The number of amides is 1. The number of ether oxygens (including phenoxy) is 2. The van der Waals surface area contributed by atoms with Crippen molar-refractivity contribution >= 4 is 35.8 Å². The highest BCUT2D eigenvalue weighted by atomic mass is 127. The van der Waals surface area contributed by atoms with Crippen LogP contribution in [0.2, 0.25) is 0 Å². The number of fused-ring (bicyclic) bond motifs is 1. The predicted molar refractivity (Wildman–Crippen MR) is 127 cm³/mol. The average molecular weight is 518 g/mol. The molecule has 1 aromatic rings. The van der Waals surface area contributed by atoms with Crippen LogP contribution in [0, 0.1) is 5.92 Å². The van der Waals surface area contributed by atoms with Crippen molar-refractivity contribution in [2.45, 2.75) is 53.7 Å². The van der Waals surface area contributed by atoms with Crippen LogP contribution in [0.15, 0.2) is 17.1 Å². The van der Waals surface area contributed by atoms with Crippen molar-refractivity contribution in [1.29, 1.82) is 0 Å². The van der Waals surface area contributed by atoms with Crippen LogP contribution in [0.3, 0.4) is 0 Å². The van der Waals surface area contributed by atoms with E-state index in [0.29, 0.717) is 32.2 Å². The van der Waals surface area contributed by atoms with Crippen LogP contribution in [-0.4, -0.2) is 44.2 Å². The average Bonchev–Trinajstić information content (AvgIpc) is 3.01. The van der Waals surface area contributed by atoms with Crippen molar-refractivity contribution in [2.24, 2.45) is 10.9 Å². The third-order valence-electron chi connectivity index (χ3n) is 4.37. The van der Waals surface area contributed by atoms with E-state index in [1.807, 2.05) is 33.8 Å². The molecular weight excluding hydrogens is 483 g/mol. The van der Waals surface area contributed by atoms with Gasteiger partial charge < -0.3 is 25.4 Å². The van der Waals surface area contributed by atoms with E-state index >= 15 is 0 Å². The number of guanidine groups is 1. The first-order valence-corrected chi connectivity index (χ1v) is 10.2. The SMILES string of the molecule is CCNC(=NCc1cc2c(cc1OCC)CC(C)O2)NCCNC(=O)C(C)C.I. The molecule has 1 aliphatic heterocycles. The Hall–Kier alpha value is -1.71. The smallest absolute Gasteiger partial charge is 0.222 e. The van der Waals surface area contributed by atoms with Crippen LogP contribution in [0.1, 0.15) is 45.7 Å². The molecule has 164 valence electrons. The summed E-state index contributed by atoms with van der Waals surface area (Å²) in [6, 6.07) is 4.12. The summed E-state index contributed by atoms with van der Waals surface area (Å²) in [5.41, 5.74) is 2.19. The number of hydrogen-bond acceptors (Lipinski definition) is 4. The van der Waals surface area contributed by atoms with Gasteiger partial charge in [0.1, 0.15) is 17.6 Å². The largest absolute Gasteiger partial charge is 0.494 e. The molecule has 1 atom stereocenters. The quantitative estimate of drug-likeness (QED) is 0.203. The molecule has 1 aromatic carbocycles. The fraction of sp³-hybridized carbons (Fsp3) is 0.619. The van der Waals surface area contributed by atoms with E-state index in [2.05, 4.69) is 33.9 Å². The summed E-state index contributed by atoms with van der Waals surface area (Å²) in [5, 5.41) is 9.37. The molecule has 0 saturated carbocycles. The molecule has 0 saturated heterocycles. The van der Waals surface area contributed by atoms with Crippen molar-refractivity contribution in [1.82, 2.24) is 16.0 Å². The van der Waals surface area contributed by atoms with Crippen LogP contribution in [0.4, 0.5) is 0 Å². The second kappa shape index (κ2) is 12.8. The van der Waals surface area contributed by atoms with Crippen LogP contribution in [0.5, 0.6) is 11.5 Å². The monoisotopic (exact) mass is 518 g/mol. The molecule has 1 aliphatic rings. The summed E-state index contributed by atoms with van der Waals surface area (Å²) in [5.74, 6) is 2.54. The molecule has 8 heteroatoms. The van der Waals surface area contributed by atoms with Crippen molar-refractivity contribution < 1.29 is 14.3 Å². The number of carbonyl (C=O) groups excluding carboxylic acids is 1. The summed E-state index contributed by atoms with van der Waals surface area (Å²) in [6.45, 7) is 12.8. The summed E-state index contributed by atoms with van der Waals surface area (Å²) < 4.78 is 11.7. The summed E-state index contributed by atoms with van der Waals surface area (Å²) in [4.78, 5) is 16.3. The molecule has 0 radical (unpaired) electrons. The Morgan fingerprint density at radius 1 is 1.24 bits per heavy atom. The zero-order valence-corrected chi connectivity index (χ0v) is 20.5. The molecule has 0 bridgehead atoms. The summed E-state index contributed by atoms with van der Waals surface area (Å²) in [7, 11) is 0. The van der Waals surface area contributed by atoms with Crippen LogP contribution in [0.25, 0.3) is 0 Å². The number of aliphatic imine (C=N–C) groups is 1. The number of halogens is 1. The molecule has 0 aliphatic carbocycles. The normalized spacial score (nSPS) is 15.2. The Morgan fingerprint density at radius 3 is 2.62 bits per heavy atom. The Morgan fingerprint density at radius 2 is 1.97 bits per heavy atom. The standard InChI is InChI=1S/C21H34N4O3.HI/c1-6-22-21(24-9-8-23-20(26)14(3)4)25-13-17-12-19-16(10-15(5)28-19)11-18(17)27-7-2;/h11-12,14-15H,6-10,13H2,1-5H3,(H,23,26)(H2,22,24,25);1H. The zero-order valence-electron chi connectivity index (χ0n) is 18.1. The molecule has 1 unspecified atom stereocenters. The van der Waals surface area contributed by atoms with Gasteiger partial charge in [-0.2, -0.15) is 0 Å². The number of nitrogens with zero attached hydrogens (tertiary/aromatic N) is 1. The van der Waals surface area contributed by atoms with E-state index in [-0.39, 0.29) is 41.9 Å². The highest BCUT2D eigenvalue weighted by molar-refractivity contribution is 14.0. The van der Waals surface area contributed by atoms with Gasteiger partial charge in [0.25, 0.3) is 0 Å². The number of rotatable bonds is 9. The predicted octanol–water partition coefficient (Wildman–Crippen LogP) is 2.85. The lowest BCUT2D eigenvalue weighted by Crippen LogP contribution is -2.42. The molecule has 0 fully saturated rings. The van der Waals surface area contributed by atoms with Gasteiger partial charge in [-0.25, -0.2) is 4.99 Å². The van der Waals surface area contributed by atoms with Crippen LogP contribution >= 0.6 is 24.0 Å². The minimum absolute atomic E-state index is 0. The van der Waals surface area contributed by atoms with Gasteiger partial charge in [0, 0.05) is 43.1 Å². The third-order valence-corrected chi connectivity index (χ3v) is 4.37. The second-order valence-corrected chi connectivity index (χ2v) is 7.20. The molecule has 0 spiro atoms. The number of hydrogen-bond donors (Lipinski definition) is 3. The molecule has 0 aromatic heterocycles. The fourth-order valence-electron chi connectivity index (χ4n) is 2.97. The Kier molecular flexibility index (Phi) is 11.2. The van der Waals surface area contributed by atoms with Crippen molar-refractivity contribution in [3.05, 3.63) is 23.3 Å². The first-order chi connectivity index (χ1) is 13.4. The van der Waals surface area contributed by atoms with Crippen molar-refractivity contribution in [3.8, 4) is 11.5 Å². The van der Waals surface area contributed by atoms with Crippen LogP contribution in [-0.2, 0) is 17.8 Å². The van der Waals surface area contributed by atoms with E-state index in [1.54, 1.807) is 0 Å². The first kappa shape index (κ1) is 25.3. The molecule has 3 N–H and O–H groups in total. The Bertz CT molecular complexity index is 695. The number of nitrogens with one attached hydrogen (secondary N) is 3. The first-order valence-electron chi connectivity index (χ1n) is 10.2. The van der Waals surface area contributed by atoms with Gasteiger partial charge >= 0.3 is 0 Å². The van der Waals surface area contributed by atoms with E-state index in [9.17, 15) is 4.79 Å². The molecule has 7 nitrogen and oxygen atoms in total. The Balaban J connectivity index is 0.00000420. The van der Waals surface area contributed by atoms with E-state index in [1.165, 1.54) is 5.56 Å². The van der Waals surface area contributed by atoms with Crippen molar-refractivity contribution in [2.75, 3.05) is 26.2 Å². The van der Waals surface area contributed by atoms with Crippen molar-refractivity contribution in [3.63, 3.8) is 0 Å². The van der Waals surface area contributed by atoms with Gasteiger partial charge in [0.15, 0.2) is 5.96 Å². The molecule has 1 heterocycles. The van der Waals surface area contributed by atoms with Gasteiger partial charge in [-0.15, -0.1) is 24.0 Å². The third kappa shape index (κ3) is 7.91. The lowest BCUT2D eigenvalue weighted by molar-refractivity contribution is -0.123. The molecule has 29 heavy (non-hydrogen) atoms. The van der Waals surface area contributed by atoms with E-state index in [4.69, 9.17) is 9.47 Å². The molecule has 2 rings (SSSR count). The van der Waals surface area contributed by atoms with Gasteiger partial charge in [-0.1, -0.05) is 13.8 Å². The molecular formula is C21H35IN4O3. The lowest BCUT2D eigenvalue weighted by Gasteiger charge is -2.14. The zero-order chi connectivity index (χ0) is 20.5. The van der Waals surface area contributed by atoms with Gasteiger partial charge in [-0.3, -0.25) is 4.79 Å². The van der Waals surface area contributed by atoms with Gasteiger partial charge in [-0.05, 0) is 32.9 Å². The maximum atomic E-state index is 11.6. The lowest BCUT2D eigenvalue weighted by atomic mass is 10.1. The summed E-state index contributed by atoms with van der Waals surface area (Å²) >= 11 is 0. The second-order valence-electron chi connectivity index (χ2n) is 7.20. The Labute approximate surface area is 191 Å². The minimum Gasteiger partial charge on any atom is -0.494 e. The highest BCUT2D eigenvalue weighted by Gasteiger charge is 2.21. The maximum Gasteiger partial charge on any atom is 0.222 e. The number of carbonyl (C=O) groups is 1. The highest BCUT2D eigenvalue weighted by Crippen LogP contribution is 2.35. The topological polar surface area (TPSA) is 84.0 Å². The van der Waals surface area contributed by atoms with Crippen LogP contribution < -0.4 is 25.4 Å². The molecule has 1 amide bonds.